The summed E-state index contributed by atoms with van der Waals surface area (Å²) in [4.78, 5) is 2.40. The number of piperidine rings is 1. The molecule has 1 atom stereocenters. The molecule has 0 aromatic rings. The second-order valence-corrected chi connectivity index (χ2v) is 11.7. The lowest BCUT2D eigenvalue weighted by atomic mass is 10.1. The van der Waals surface area contributed by atoms with Crippen molar-refractivity contribution >= 4 is 0 Å². The van der Waals surface area contributed by atoms with Gasteiger partial charge in [0, 0.05) is 32.8 Å². The van der Waals surface area contributed by atoms with Gasteiger partial charge in [0.15, 0.2) is 6.29 Å². The summed E-state index contributed by atoms with van der Waals surface area (Å²) in [5.74, 6) is 0. The summed E-state index contributed by atoms with van der Waals surface area (Å²) in [6.07, 6.45) is 32.4. The Hall–Kier alpha value is -0.420. The molecular formula is C35H71NO3. The number of aliphatic hydroxyl groups is 1. The predicted octanol–water partition coefficient (Wildman–Crippen LogP) is 10.2. The minimum absolute atomic E-state index is 0.107. The minimum Gasteiger partial charge on any atom is -0.393 e. The average Bonchev–Trinajstić information content (AvgIpc) is 2.95. The van der Waals surface area contributed by atoms with Crippen molar-refractivity contribution in [3.63, 3.8) is 0 Å². The van der Waals surface area contributed by atoms with Crippen molar-refractivity contribution in [2.24, 2.45) is 0 Å². The van der Waals surface area contributed by atoms with Gasteiger partial charge >= 0.3 is 0 Å². The highest BCUT2D eigenvalue weighted by Crippen LogP contribution is 2.14. The van der Waals surface area contributed by atoms with Crippen molar-refractivity contribution in [2.75, 3.05) is 32.8 Å². The summed E-state index contributed by atoms with van der Waals surface area (Å²) in [7, 11) is 0. The third-order valence-corrected chi connectivity index (χ3v) is 7.69. The molecule has 0 saturated carbocycles. The Labute approximate surface area is 245 Å². The molecule has 4 nitrogen and oxygen atoms in total. The van der Waals surface area contributed by atoms with Gasteiger partial charge in [0.25, 0.3) is 0 Å². The maximum atomic E-state index is 9.74. The largest absolute Gasteiger partial charge is 0.393 e. The van der Waals surface area contributed by atoms with Gasteiger partial charge in [0.2, 0.25) is 0 Å². The maximum absolute atomic E-state index is 9.74. The molecule has 1 N–H and O–H groups in total. The topological polar surface area (TPSA) is 41.9 Å². The third-order valence-electron chi connectivity index (χ3n) is 7.69. The monoisotopic (exact) mass is 554 g/mol. The van der Waals surface area contributed by atoms with Gasteiger partial charge in [-0.1, -0.05) is 136 Å². The number of rotatable bonds is 26. The quantitative estimate of drug-likeness (QED) is 0.0657. The van der Waals surface area contributed by atoms with Crippen LogP contribution in [-0.2, 0) is 9.47 Å². The summed E-state index contributed by atoms with van der Waals surface area (Å²) in [5.41, 5.74) is 0. The third kappa shape index (κ3) is 28.9. The number of allylic oxidation sites excluding steroid dienone is 2. The molecule has 1 aliphatic heterocycles. The van der Waals surface area contributed by atoms with Gasteiger partial charge in [-0.2, -0.15) is 0 Å². The van der Waals surface area contributed by atoms with Crippen molar-refractivity contribution in [3.8, 4) is 0 Å². The van der Waals surface area contributed by atoms with E-state index in [0.717, 1.165) is 58.5 Å². The number of aliphatic hydroxyl groups excluding tert-OH is 1. The fourth-order valence-electron chi connectivity index (χ4n) is 4.99. The molecule has 4 heteroatoms. The van der Waals surface area contributed by atoms with Gasteiger partial charge in [0.05, 0.1) is 6.10 Å². The zero-order valence-electron chi connectivity index (χ0n) is 27.1. The number of ether oxygens (including phenoxy) is 2. The molecule has 1 rings (SSSR count). The van der Waals surface area contributed by atoms with E-state index in [-0.39, 0.29) is 12.4 Å². The lowest BCUT2D eigenvalue weighted by molar-refractivity contribution is -0.157. The number of unbranched alkanes of at least 4 members (excludes halogenated alkanes) is 16. The van der Waals surface area contributed by atoms with Gasteiger partial charge in [0.1, 0.15) is 0 Å². The Morgan fingerprint density at radius 2 is 1.05 bits per heavy atom. The molecule has 1 heterocycles. The van der Waals surface area contributed by atoms with E-state index in [1.54, 1.807) is 0 Å². The average molecular weight is 554 g/mol. The van der Waals surface area contributed by atoms with Crippen LogP contribution in [0.2, 0.25) is 0 Å². The molecule has 0 bridgehead atoms. The number of hydrogen-bond donors (Lipinski definition) is 1. The first kappa shape index (κ1) is 38.6. The second kappa shape index (κ2) is 32.1. The fourth-order valence-corrected chi connectivity index (χ4v) is 4.99. The Bertz CT molecular complexity index is 477. The smallest absolute Gasteiger partial charge is 0.170 e. The zero-order valence-corrected chi connectivity index (χ0v) is 27.1. The molecule has 234 valence electrons. The molecule has 1 unspecified atom stereocenters. The van der Waals surface area contributed by atoms with Crippen LogP contribution >= 0.6 is 0 Å². The number of likely N-dealkylation sites (tertiary alicyclic amines) is 1. The molecular weight excluding hydrogens is 482 g/mol. The molecule has 0 aliphatic carbocycles. The van der Waals surface area contributed by atoms with E-state index in [4.69, 9.17) is 9.47 Å². The first-order chi connectivity index (χ1) is 19.2. The Morgan fingerprint density at radius 3 is 1.51 bits per heavy atom. The number of hydrogen-bond acceptors (Lipinski definition) is 4. The van der Waals surface area contributed by atoms with Crippen molar-refractivity contribution in [1.82, 2.24) is 4.90 Å². The summed E-state index contributed by atoms with van der Waals surface area (Å²) >= 11 is 0. The van der Waals surface area contributed by atoms with Crippen molar-refractivity contribution in [2.45, 2.75) is 181 Å². The van der Waals surface area contributed by atoms with E-state index >= 15 is 0 Å². The van der Waals surface area contributed by atoms with E-state index in [2.05, 4.69) is 44.7 Å². The van der Waals surface area contributed by atoms with E-state index in [9.17, 15) is 5.11 Å². The van der Waals surface area contributed by atoms with Crippen molar-refractivity contribution in [1.29, 1.82) is 0 Å². The van der Waals surface area contributed by atoms with Gasteiger partial charge < -0.3 is 14.6 Å². The van der Waals surface area contributed by atoms with E-state index in [1.165, 1.54) is 116 Å². The van der Waals surface area contributed by atoms with Gasteiger partial charge in [-0.3, -0.25) is 4.90 Å². The van der Waals surface area contributed by atoms with Gasteiger partial charge in [-0.05, 0) is 44.9 Å². The normalized spacial score (nSPS) is 15.5. The van der Waals surface area contributed by atoms with Crippen LogP contribution in [0.25, 0.3) is 0 Å². The Balaban J connectivity index is 0.00000137. The minimum atomic E-state index is -0.119. The standard InChI is InChI=1S/C26H53NO3.C9H18/c1-3-5-7-9-11-13-15-17-23-30-26(24-27-20-18-25(28)19-21-27)29-22-16-14-12-10-8-6-4-2;1-3-5-7-9-8-6-4-2/h25-26,28H,3-24H2,1-2H3;5,7H,3-4,6,8-9H2,1-2H3/b;7-5-. The fraction of sp³-hybridized carbons (Fsp3) is 0.943. The van der Waals surface area contributed by atoms with Crippen LogP contribution in [0.4, 0.5) is 0 Å². The van der Waals surface area contributed by atoms with E-state index in [0.29, 0.717) is 0 Å². The molecule has 0 aromatic heterocycles. The molecule has 1 fully saturated rings. The molecule has 0 amide bonds. The Morgan fingerprint density at radius 1 is 0.615 bits per heavy atom. The van der Waals surface area contributed by atoms with Gasteiger partial charge in [-0.25, -0.2) is 0 Å². The van der Waals surface area contributed by atoms with Gasteiger partial charge in [-0.15, -0.1) is 0 Å². The molecule has 1 saturated heterocycles. The lowest BCUT2D eigenvalue weighted by Crippen LogP contribution is -2.42. The van der Waals surface area contributed by atoms with E-state index in [1.807, 2.05) is 0 Å². The second-order valence-electron chi connectivity index (χ2n) is 11.7. The zero-order chi connectivity index (χ0) is 28.7. The Kier molecular flexibility index (Phi) is 31.8. The highest BCUT2D eigenvalue weighted by atomic mass is 16.7. The molecule has 39 heavy (non-hydrogen) atoms. The summed E-state index contributed by atoms with van der Waals surface area (Å²) < 4.78 is 12.3. The molecule has 1 aliphatic rings. The van der Waals surface area contributed by atoms with Crippen molar-refractivity contribution < 1.29 is 14.6 Å². The maximum Gasteiger partial charge on any atom is 0.170 e. The van der Waals surface area contributed by atoms with Crippen molar-refractivity contribution in [3.05, 3.63) is 12.2 Å². The van der Waals surface area contributed by atoms with Crippen LogP contribution in [0.1, 0.15) is 169 Å². The molecule has 0 radical (unpaired) electrons. The first-order valence-electron chi connectivity index (χ1n) is 17.5. The lowest BCUT2D eigenvalue weighted by Gasteiger charge is -2.32. The summed E-state index contributed by atoms with van der Waals surface area (Å²) in [6, 6.07) is 0. The van der Waals surface area contributed by atoms with E-state index < -0.39 is 0 Å². The van der Waals surface area contributed by atoms with Crippen LogP contribution in [0, 0.1) is 0 Å². The van der Waals surface area contributed by atoms with Crippen LogP contribution in [0.3, 0.4) is 0 Å². The number of nitrogens with zero attached hydrogens (tertiary/aromatic N) is 1. The predicted molar refractivity (Wildman–Crippen MR) is 172 cm³/mol. The first-order valence-corrected chi connectivity index (χ1v) is 17.5. The SMILES string of the molecule is CC/C=C\CCCCC.CCCCCCCCCCOC(CN1CCC(O)CC1)OCCCCCCCCC. The van der Waals surface area contributed by atoms with Crippen LogP contribution in [-0.4, -0.2) is 55.2 Å². The highest BCUT2D eigenvalue weighted by molar-refractivity contribution is 4.79. The van der Waals surface area contributed by atoms with Crippen LogP contribution in [0.5, 0.6) is 0 Å². The summed E-state index contributed by atoms with van der Waals surface area (Å²) in [5, 5.41) is 9.74. The van der Waals surface area contributed by atoms with Crippen LogP contribution in [0.15, 0.2) is 12.2 Å². The molecule has 0 aromatic carbocycles. The summed E-state index contributed by atoms with van der Waals surface area (Å²) in [6.45, 7) is 13.3. The highest BCUT2D eigenvalue weighted by Gasteiger charge is 2.21. The molecule has 0 spiro atoms. The van der Waals surface area contributed by atoms with Crippen LogP contribution < -0.4 is 0 Å².